The number of amides is 1. The minimum absolute atomic E-state index is 0.124. The maximum atomic E-state index is 12.3. The predicted octanol–water partition coefficient (Wildman–Crippen LogP) is 2.10. The summed E-state index contributed by atoms with van der Waals surface area (Å²) in [6.07, 6.45) is 1.46. The second-order valence-corrected chi connectivity index (χ2v) is 6.79. The number of benzene rings is 1. The van der Waals surface area contributed by atoms with Crippen LogP contribution in [0.2, 0.25) is 0 Å². The summed E-state index contributed by atoms with van der Waals surface area (Å²) in [5.74, 6) is 0.947. The number of nitrogens with one attached hydrogen (secondary N) is 1. The monoisotopic (exact) mass is 348 g/mol. The fraction of sp³-hybridized carbons (Fsp3) is 0.444. The Kier molecular flexibility index (Phi) is 6.75. The van der Waals surface area contributed by atoms with Crippen molar-refractivity contribution in [3.63, 3.8) is 0 Å². The highest BCUT2D eigenvalue weighted by Crippen LogP contribution is 2.29. The highest BCUT2D eigenvalue weighted by Gasteiger charge is 2.18. The van der Waals surface area contributed by atoms with Gasteiger partial charge in [-0.15, -0.1) is 11.3 Å². The van der Waals surface area contributed by atoms with Crippen LogP contribution >= 0.6 is 11.3 Å². The van der Waals surface area contributed by atoms with Crippen LogP contribution in [0.15, 0.2) is 29.6 Å². The van der Waals surface area contributed by atoms with Crippen LogP contribution in [0, 0.1) is 0 Å². The number of nitrogens with zero attached hydrogens (tertiary/aromatic N) is 2. The van der Waals surface area contributed by atoms with Crippen molar-refractivity contribution in [2.45, 2.75) is 19.8 Å². The van der Waals surface area contributed by atoms with Crippen LogP contribution < -0.4 is 14.5 Å². The van der Waals surface area contributed by atoms with Crippen molar-refractivity contribution in [1.82, 2.24) is 4.98 Å². The van der Waals surface area contributed by atoms with Crippen molar-refractivity contribution in [2.24, 2.45) is 0 Å². The number of ether oxygens (including phenoxy) is 1. The molecule has 1 aromatic carbocycles. The van der Waals surface area contributed by atoms with E-state index in [-0.39, 0.29) is 5.91 Å². The lowest BCUT2D eigenvalue weighted by Crippen LogP contribution is -3.05. The molecule has 6 heteroatoms. The Balaban J connectivity index is 2.15. The lowest BCUT2D eigenvalue weighted by molar-refractivity contribution is -0.858. The van der Waals surface area contributed by atoms with E-state index >= 15 is 0 Å². The van der Waals surface area contributed by atoms with Gasteiger partial charge in [0.15, 0.2) is 5.13 Å². The number of hydrogen-bond donors (Lipinski definition) is 1. The van der Waals surface area contributed by atoms with Crippen molar-refractivity contribution < 1.29 is 14.4 Å². The molecule has 0 fully saturated rings. The predicted molar refractivity (Wildman–Crippen MR) is 99.0 cm³/mol. The molecule has 0 spiro atoms. The molecule has 1 amide bonds. The van der Waals surface area contributed by atoms with Gasteiger partial charge in [-0.25, -0.2) is 4.98 Å². The molecule has 1 N–H and O–H groups in total. The molecule has 0 aliphatic heterocycles. The summed E-state index contributed by atoms with van der Waals surface area (Å²) in [4.78, 5) is 20.2. The first kappa shape index (κ1) is 18.4. The lowest BCUT2D eigenvalue weighted by atomic mass is 10.2. The summed E-state index contributed by atoms with van der Waals surface area (Å²) in [5, 5.41) is 2.78. The SMILES string of the molecule is CCC(=O)N(CCC[NH+](C)C)c1nc(-c2ccc(OC)cc2)cs1. The van der Waals surface area contributed by atoms with Crippen LogP contribution in [0.25, 0.3) is 11.3 Å². The number of rotatable bonds is 8. The first-order valence-electron chi connectivity index (χ1n) is 8.24. The Morgan fingerprint density at radius 3 is 2.58 bits per heavy atom. The van der Waals surface area contributed by atoms with E-state index in [9.17, 15) is 4.79 Å². The summed E-state index contributed by atoms with van der Waals surface area (Å²) < 4.78 is 5.19. The van der Waals surface area contributed by atoms with E-state index < -0.39 is 0 Å². The normalized spacial score (nSPS) is 10.9. The third-order valence-electron chi connectivity index (χ3n) is 3.77. The molecule has 2 aromatic rings. The molecule has 130 valence electrons. The van der Waals surface area contributed by atoms with Gasteiger partial charge >= 0.3 is 0 Å². The van der Waals surface area contributed by atoms with Crippen LogP contribution in [0.5, 0.6) is 5.75 Å². The highest BCUT2D eigenvalue weighted by atomic mass is 32.1. The second-order valence-electron chi connectivity index (χ2n) is 5.95. The Hall–Kier alpha value is -1.92. The van der Waals surface area contributed by atoms with Crippen LogP contribution in [-0.2, 0) is 4.79 Å². The minimum Gasteiger partial charge on any atom is -0.497 e. The van der Waals surface area contributed by atoms with Crippen molar-refractivity contribution >= 4 is 22.4 Å². The second kappa shape index (κ2) is 8.80. The van der Waals surface area contributed by atoms with Crippen LogP contribution in [-0.4, -0.2) is 45.2 Å². The van der Waals surface area contributed by atoms with Gasteiger partial charge in [0.2, 0.25) is 5.91 Å². The quantitative estimate of drug-likeness (QED) is 0.795. The molecule has 5 nitrogen and oxygen atoms in total. The van der Waals surface area contributed by atoms with Gasteiger partial charge < -0.3 is 9.64 Å². The number of aromatic nitrogens is 1. The van der Waals surface area contributed by atoms with Gasteiger partial charge in [-0.1, -0.05) is 6.92 Å². The van der Waals surface area contributed by atoms with Gasteiger partial charge in [-0.05, 0) is 24.3 Å². The van der Waals surface area contributed by atoms with Crippen molar-refractivity contribution in [1.29, 1.82) is 0 Å². The molecule has 2 rings (SSSR count). The zero-order chi connectivity index (χ0) is 17.5. The summed E-state index contributed by atoms with van der Waals surface area (Å²) in [6, 6.07) is 7.81. The smallest absolute Gasteiger partial charge is 0.228 e. The van der Waals surface area contributed by atoms with E-state index in [1.54, 1.807) is 7.11 Å². The summed E-state index contributed by atoms with van der Waals surface area (Å²) in [6.45, 7) is 3.64. The molecule has 1 heterocycles. The van der Waals surface area contributed by atoms with Crippen molar-refractivity contribution in [3.8, 4) is 17.0 Å². The fourth-order valence-corrected chi connectivity index (χ4v) is 3.27. The van der Waals surface area contributed by atoms with E-state index in [2.05, 4.69) is 19.1 Å². The van der Waals surface area contributed by atoms with Gasteiger partial charge in [-0.3, -0.25) is 9.69 Å². The molecule has 0 saturated heterocycles. The van der Waals surface area contributed by atoms with Crippen LogP contribution in [0.1, 0.15) is 19.8 Å². The van der Waals surface area contributed by atoms with Crippen LogP contribution in [0.3, 0.4) is 0 Å². The van der Waals surface area contributed by atoms with E-state index in [1.165, 1.54) is 16.2 Å². The number of carbonyl (C=O) groups excluding carboxylic acids is 1. The third kappa shape index (κ3) is 4.79. The highest BCUT2D eigenvalue weighted by molar-refractivity contribution is 7.14. The number of quaternary nitrogens is 1. The van der Waals surface area contributed by atoms with E-state index in [0.29, 0.717) is 13.0 Å². The van der Waals surface area contributed by atoms with Crippen LogP contribution in [0.4, 0.5) is 5.13 Å². The summed E-state index contributed by atoms with van der Waals surface area (Å²) in [5.41, 5.74) is 1.92. The Morgan fingerprint density at radius 2 is 2.00 bits per heavy atom. The zero-order valence-corrected chi connectivity index (χ0v) is 15.7. The topological polar surface area (TPSA) is 46.9 Å². The van der Waals surface area contributed by atoms with Crippen molar-refractivity contribution in [3.05, 3.63) is 29.6 Å². The molecule has 0 saturated carbocycles. The van der Waals surface area contributed by atoms with Gasteiger partial charge in [0.25, 0.3) is 0 Å². The van der Waals surface area contributed by atoms with Gasteiger partial charge in [0.05, 0.1) is 33.4 Å². The molecule has 0 aliphatic carbocycles. The summed E-state index contributed by atoms with van der Waals surface area (Å²) >= 11 is 1.52. The van der Waals surface area contributed by atoms with E-state index in [1.807, 2.05) is 41.5 Å². The largest absolute Gasteiger partial charge is 0.497 e. The Morgan fingerprint density at radius 1 is 1.29 bits per heavy atom. The maximum Gasteiger partial charge on any atom is 0.228 e. The molecule has 0 radical (unpaired) electrons. The van der Waals surface area contributed by atoms with E-state index in [4.69, 9.17) is 4.74 Å². The van der Waals surface area contributed by atoms with E-state index in [0.717, 1.165) is 35.1 Å². The number of carbonyl (C=O) groups is 1. The Labute approximate surface area is 147 Å². The number of methoxy groups -OCH3 is 1. The average molecular weight is 348 g/mol. The number of thiazole rings is 1. The first-order valence-corrected chi connectivity index (χ1v) is 9.12. The van der Waals surface area contributed by atoms with Gasteiger partial charge in [-0.2, -0.15) is 0 Å². The molecule has 0 atom stereocenters. The lowest BCUT2D eigenvalue weighted by Gasteiger charge is -2.19. The standard InChI is InChI=1S/C18H25N3O2S/c1-5-17(22)21(12-6-11-20(2)3)18-19-16(13-24-18)14-7-9-15(23-4)10-8-14/h7-10,13H,5-6,11-12H2,1-4H3/p+1. The maximum absolute atomic E-state index is 12.3. The average Bonchev–Trinajstić information content (AvgIpc) is 3.07. The molecule has 1 aromatic heterocycles. The van der Waals surface area contributed by atoms with Gasteiger partial charge in [0.1, 0.15) is 5.75 Å². The Bertz CT molecular complexity index is 653. The minimum atomic E-state index is 0.124. The number of anilines is 1. The fourth-order valence-electron chi connectivity index (χ4n) is 2.39. The zero-order valence-electron chi connectivity index (χ0n) is 14.8. The van der Waals surface area contributed by atoms with Crippen molar-refractivity contribution in [2.75, 3.05) is 39.2 Å². The molecular weight excluding hydrogens is 322 g/mol. The molecule has 0 unspecified atom stereocenters. The molecule has 24 heavy (non-hydrogen) atoms. The number of hydrogen-bond acceptors (Lipinski definition) is 4. The molecule has 0 aliphatic rings. The third-order valence-corrected chi connectivity index (χ3v) is 4.63. The molecular formula is C18H26N3O2S+. The van der Waals surface area contributed by atoms with Gasteiger partial charge in [0, 0.05) is 30.3 Å². The first-order chi connectivity index (χ1) is 11.5. The summed E-state index contributed by atoms with van der Waals surface area (Å²) in [7, 11) is 5.90. The molecule has 0 bridgehead atoms.